The van der Waals surface area contributed by atoms with E-state index in [1.54, 1.807) is 0 Å². The predicted octanol–water partition coefficient (Wildman–Crippen LogP) is 4.53. The van der Waals surface area contributed by atoms with E-state index in [0.717, 1.165) is 13.2 Å². The summed E-state index contributed by atoms with van der Waals surface area (Å²) in [5, 5.41) is 3.66. The third-order valence-corrected chi connectivity index (χ3v) is 4.50. The minimum absolute atomic E-state index is 0.521. The van der Waals surface area contributed by atoms with Crippen LogP contribution in [0.5, 0.6) is 0 Å². The summed E-state index contributed by atoms with van der Waals surface area (Å²) in [7, 11) is 0. The van der Waals surface area contributed by atoms with E-state index >= 15 is 0 Å². The van der Waals surface area contributed by atoms with E-state index in [1.165, 1.54) is 64.3 Å². The van der Waals surface area contributed by atoms with Gasteiger partial charge in [0.15, 0.2) is 0 Å². The summed E-state index contributed by atoms with van der Waals surface area (Å²) in [6.45, 7) is 9.90. The summed E-state index contributed by atoms with van der Waals surface area (Å²) in [6.07, 6.45) is 12.3. The standard InChI is InChI=1S/C17H35NO/c1-4-5-6-7-8-9-10-17(15-18-16(2)3)11-13-19-14-12-17/h16,18H,4-15H2,1-3H3. The van der Waals surface area contributed by atoms with Crippen LogP contribution in [-0.4, -0.2) is 25.8 Å². The van der Waals surface area contributed by atoms with Crippen molar-refractivity contribution in [1.82, 2.24) is 5.32 Å². The minimum atomic E-state index is 0.521. The van der Waals surface area contributed by atoms with Crippen molar-refractivity contribution in [3.63, 3.8) is 0 Å². The van der Waals surface area contributed by atoms with E-state index in [2.05, 4.69) is 26.1 Å². The Hall–Kier alpha value is -0.0800. The van der Waals surface area contributed by atoms with Crippen LogP contribution in [0.1, 0.15) is 78.6 Å². The van der Waals surface area contributed by atoms with Gasteiger partial charge in [0.05, 0.1) is 0 Å². The van der Waals surface area contributed by atoms with Crippen LogP contribution in [0, 0.1) is 5.41 Å². The molecule has 0 unspecified atom stereocenters. The molecule has 1 N–H and O–H groups in total. The molecule has 1 aliphatic heterocycles. The van der Waals surface area contributed by atoms with Crippen molar-refractivity contribution in [3.05, 3.63) is 0 Å². The largest absolute Gasteiger partial charge is 0.381 e. The Kier molecular flexibility index (Phi) is 8.72. The summed E-state index contributed by atoms with van der Waals surface area (Å²) < 4.78 is 5.56. The highest BCUT2D eigenvalue weighted by molar-refractivity contribution is 4.84. The molecule has 0 atom stereocenters. The fourth-order valence-electron chi connectivity index (χ4n) is 3.02. The number of hydrogen-bond donors (Lipinski definition) is 1. The summed E-state index contributed by atoms with van der Waals surface area (Å²) >= 11 is 0. The topological polar surface area (TPSA) is 21.3 Å². The van der Waals surface area contributed by atoms with Gasteiger partial charge in [-0.25, -0.2) is 0 Å². The first-order chi connectivity index (χ1) is 9.18. The second-order valence-corrected chi connectivity index (χ2v) is 6.67. The highest BCUT2D eigenvalue weighted by Gasteiger charge is 2.31. The maximum Gasteiger partial charge on any atom is 0.0471 e. The molecule has 114 valence electrons. The highest BCUT2D eigenvalue weighted by Crippen LogP contribution is 2.35. The van der Waals surface area contributed by atoms with Gasteiger partial charge in [-0.05, 0) is 24.7 Å². The first-order valence-corrected chi connectivity index (χ1v) is 8.50. The third-order valence-electron chi connectivity index (χ3n) is 4.50. The van der Waals surface area contributed by atoms with Crippen LogP contribution in [0.25, 0.3) is 0 Å². The second kappa shape index (κ2) is 9.77. The van der Waals surface area contributed by atoms with Gasteiger partial charge in [0.2, 0.25) is 0 Å². The molecule has 0 aliphatic carbocycles. The lowest BCUT2D eigenvalue weighted by Gasteiger charge is -2.38. The molecule has 0 aromatic heterocycles. The molecular weight excluding hydrogens is 234 g/mol. The molecule has 1 fully saturated rings. The molecule has 1 heterocycles. The molecule has 2 heteroatoms. The van der Waals surface area contributed by atoms with Gasteiger partial charge in [0.1, 0.15) is 0 Å². The Morgan fingerprint density at radius 1 is 1.00 bits per heavy atom. The van der Waals surface area contributed by atoms with Gasteiger partial charge in [-0.2, -0.15) is 0 Å². The zero-order chi connectivity index (χ0) is 14.0. The lowest BCUT2D eigenvalue weighted by molar-refractivity contribution is 0.00826. The maximum absolute atomic E-state index is 5.56. The first kappa shape index (κ1) is 17.0. The van der Waals surface area contributed by atoms with Gasteiger partial charge in [-0.15, -0.1) is 0 Å². The number of nitrogens with one attached hydrogen (secondary N) is 1. The van der Waals surface area contributed by atoms with Crippen molar-refractivity contribution in [2.45, 2.75) is 84.6 Å². The molecule has 0 bridgehead atoms. The van der Waals surface area contributed by atoms with Crippen LogP contribution in [0.2, 0.25) is 0 Å². The molecule has 0 radical (unpaired) electrons. The predicted molar refractivity (Wildman–Crippen MR) is 83.6 cm³/mol. The van der Waals surface area contributed by atoms with Crippen LogP contribution < -0.4 is 5.32 Å². The number of rotatable bonds is 10. The van der Waals surface area contributed by atoms with Crippen molar-refractivity contribution in [2.24, 2.45) is 5.41 Å². The average molecular weight is 269 g/mol. The van der Waals surface area contributed by atoms with Crippen LogP contribution in [0.4, 0.5) is 0 Å². The quantitative estimate of drug-likeness (QED) is 0.588. The molecule has 1 aliphatic rings. The first-order valence-electron chi connectivity index (χ1n) is 8.50. The Balaban J connectivity index is 2.24. The van der Waals surface area contributed by atoms with Gasteiger partial charge in [-0.1, -0.05) is 59.3 Å². The van der Waals surface area contributed by atoms with Gasteiger partial charge in [0.25, 0.3) is 0 Å². The van der Waals surface area contributed by atoms with Gasteiger partial charge >= 0.3 is 0 Å². The summed E-state index contributed by atoms with van der Waals surface area (Å²) in [6, 6.07) is 0.601. The molecule has 2 nitrogen and oxygen atoms in total. The molecule has 1 saturated heterocycles. The van der Waals surface area contributed by atoms with E-state index in [9.17, 15) is 0 Å². The monoisotopic (exact) mass is 269 g/mol. The van der Waals surface area contributed by atoms with Crippen LogP contribution in [0.3, 0.4) is 0 Å². The summed E-state index contributed by atoms with van der Waals surface area (Å²) in [4.78, 5) is 0. The van der Waals surface area contributed by atoms with Crippen molar-refractivity contribution < 1.29 is 4.74 Å². The Bertz CT molecular complexity index is 209. The zero-order valence-corrected chi connectivity index (χ0v) is 13.5. The van der Waals surface area contributed by atoms with Gasteiger partial charge in [-0.3, -0.25) is 0 Å². The van der Waals surface area contributed by atoms with Crippen molar-refractivity contribution >= 4 is 0 Å². The maximum atomic E-state index is 5.56. The molecule has 1 rings (SSSR count). The third kappa shape index (κ3) is 7.31. The van der Waals surface area contributed by atoms with Crippen molar-refractivity contribution in [1.29, 1.82) is 0 Å². The second-order valence-electron chi connectivity index (χ2n) is 6.67. The average Bonchev–Trinajstić information content (AvgIpc) is 2.42. The van der Waals surface area contributed by atoms with E-state index in [4.69, 9.17) is 4.74 Å². The van der Waals surface area contributed by atoms with Gasteiger partial charge < -0.3 is 10.1 Å². The van der Waals surface area contributed by atoms with Gasteiger partial charge in [0, 0.05) is 25.8 Å². The fraction of sp³-hybridized carbons (Fsp3) is 1.00. The molecule has 19 heavy (non-hydrogen) atoms. The van der Waals surface area contributed by atoms with E-state index < -0.39 is 0 Å². The van der Waals surface area contributed by atoms with E-state index in [0.29, 0.717) is 11.5 Å². The fourth-order valence-corrected chi connectivity index (χ4v) is 3.02. The Morgan fingerprint density at radius 2 is 1.63 bits per heavy atom. The van der Waals surface area contributed by atoms with Crippen molar-refractivity contribution in [2.75, 3.05) is 19.8 Å². The molecule has 0 spiro atoms. The highest BCUT2D eigenvalue weighted by atomic mass is 16.5. The lowest BCUT2D eigenvalue weighted by atomic mass is 9.75. The number of ether oxygens (including phenoxy) is 1. The van der Waals surface area contributed by atoms with Crippen LogP contribution in [0.15, 0.2) is 0 Å². The summed E-state index contributed by atoms with van der Waals surface area (Å²) in [5.41, 5.74) is 0.521. The minimum Gasteiger partial charge on any atom is -0.381 e. The molecule has 0 aromatic carbocycles. The number of hydrogen-bond acceptors (Lipinski definition) is 2. The molecule has 0 aromatic rings. The molecule has 0 amide bonds. The van der Waals surface area contributed by atoms with Crippen LogP contribution in [-0.2, 0) is 4.74 Å². The zero-order valence-electron chi connectivity index (χ0n) is 13.5. The Morgan fingerprint density at radius 3 is 2.26 bits per heavy atom. The number of unbranched alkanes of at least 4 members (excludes halogenated alkanes) is 5. The Labute approximate surface area is 120 Å². The normalized spacial score (nSPS) is 18.9. The van der Waals surface area contributed by atoms with E-state index in [1.807, 2.05) is 0 Å². The summed E-state index contributed by atoms with van der Waals surface area (Å²) in [5.74, 6) is 0. The van der Waals surface area contributed by atoms with E-state index in [-0.39, 0.29) is 0 Å². The molecule has 0 saturated carbocycles. The molecular formula is C17H35NO. The lowest BCUT2D eigenvalue weighted by Crippen LogP contribution is -2.41. The van der Waals surface area contributed by atoms with Crippen molar-refractivity contribution in [3.8, 4) is 0 Å². The van der Waals surface area contributed by atoms with Crippen LogP contribution >= 0.6 is 0 Å². The SMILES string of the molecule is CCCCCCCCC1(CNC(C)C)CCOCC1. The smallest absolute Gasteiger partial charge is 0.0471 e.